The highest BCUT2D eigenvalue weighted by Crippen LogP contribution is 2.22. The van der Waals surface area contributed by atoms with Crippen LogP contribution in [0.4, 0.5) is 5.69 Å². The Kier molecular flexibility index (Phi) is 6.73. The number of carbonyl (C=O) groups excluding carboxylic acids is 1. The van der Waals surface area contributed by atoms with E-state index in [1.807, 2.05) is 0 Å². The number of para-hydroxylation sites is 1. The number of nitrogens with zero attached hydrogens (tertiary/aromatic N) is 3. The van der Waals surface area contributed by atoms with Gasteiger partial charge in [-0.1, -0.05) is 41.9 Å². The van der Waals surface area contributed by atoms with Gasteiger partial charge in [-0.15, -0.1) is 0 Å². The molecule has 10 heteroatoms. The molecular formula is C20H21ClN4O4S. The Morgan fingerprint density at radius 1 is 1.17 bits per heavy atom. The van der Waals surface area contributed by atoms with Crippen molar-refractivity contribution in [2.75, 3.05) is 10.6 Å². The maximum Gasteiger partial charge on any atom is 0.246 e. The van der Waals surface area contributed by atoms with Crippen molar-refractivity contribution in [2.24, 2.45) is 0 Å². The molecular weight excluding hydrogens is 428 g/mol. The molecule has 0 saturated heterocycles. The van der Waals surface area contributed by atoms with E-state index >= 15 is 0 Å². The zero-order valence-corrected chi connectivity index (χ0v) is 18.0. The zero-order chi connectivity index (χ0) is 21.7. The Morgan fingerprint density at radius 2 is 1.83 bits per heavy atom. The van der Waals surface area contributed by atoms with Crippen LogP contribution in [0.3, 0.4) is 0 Å². The summed E-state index contributed by atoms with van der Waals surface area (Å²) in [5.41, 5.74) is 1.14. The van der Waals surface area contributed by atoms with E-state index in [1.165, 1.54) is 0 Å². The minimum Gasteiger partial charge on any atom is -0.345 e. The summed E-state index contributed by atoms with van der Waals surface area (Å²) in [6, 6.07) is 14.5. The van der Waals surface area contributed by atoms with Crippen molar-refractivity contribution in [1.82, 2.24) is 15.5 Å². The predicted octanol–water partition coefficient (Wildman–Crippen LogP) is 3.25. The number of amides is 1. The highest BCUT2D eigenvalue weighted by molar-refractivity contribution is 7.92. The summed E-state index contributed by atoms with van der Waals surface area (Å²) in [6.45, 7) is 1.72. The number of rotatable bonds is 8. The second-order valence-corrected chi connectivity index (χ2v) is 8.85. The second kappa shape index (κ2) is 9.27. The summed E-state index contributed by atoms with van der Waals surface area (Å²) in [7, 11) is -3.68. The molecule has 0 aliphatic carbocycles. The van der Waals surface area contributed by atoms with Gasteiger partial charge in [-0.05, 0) is 42.8 Å². The summed E-state index contributed by atoms with van der Waals surface area (Å²) >= 11 is 5.88. The molecule has 158 valence electrons. The van der Waals surface area contributed by atoms with E-state index in [4.69, 9.17) is 16.1 Å². The first-order valence-corrected chi connectivity index (χ1v) is 11.4. The van der Waals surface area contributed by atoms with Crippen molar-refractivity contribution < 1.29 is 17.7 Å². The minimum absolute atomic E-state index is 0.0255. The van der Waals surface area contributed by atoms with Crippen molar-refractivity contribution in [3.8, 4) is 11.4 Å². The molecule has 0 radical (unpaired) electrons. The summed E-state index contributed by atoms with van der Waals surface area (Å²) in [6.07, 6.45) is 1.36. The minimum atomic E-state index is -3.68. The predicted molar refractivity (Wildman–Crippen MR) is 114 cm³/mol. The Labute approximate surface area is 179 Å². The molecule has 1 heterocycles. The van der Waals surface area contributed by atoms with E-state index < -0.39 is 22.0 Å². The fraction of sp³-hybridized carbons (Fsp3) is 0.250. The van der Waals surface area contributed by atoms with E-state index in [0.717, 1.165) is 16.1 Å². The van der Waals surface area contributed by atoms with E-state index in [1.54, 1.807) is 61.5 Å². The first-order valence-electron chi connectivity index (χ1n) is 9.20. The highest BCUT2D eigenvalue weighted by atomic mass is 35.5. The number of aromatic nitrogens is 2. The Hall–Kier alpha value is -2.91. The summed E-state index contributed by atoms with van der Waals surface area (Å²) in [5, 5.41) is 7.17. The third-order valence-corrected chi connectivity index (χ3v) is 5.76. The van der Waals surface area contributed by atoms with Crippen LogP contribution < -0.4 is 9.62 Å². The lowest BCUT2D eigenvalue weighted by Gasteiger charge is -2.29. The molecule has 8 nitrogen and oxygen atoms in total. The average Bonchev–Trinajstić information content (AvgIpc) is 3.19. The van der Waals surface area contributed by atoms with Gasteiger partial charge in [0.15, 0.2) is 0 Å². The van der Waals surface area contributed by atoms with Crippen LogP contribution in [0.15, 0.2) is 59.1 Å². The molecule has 1 N–H and O–H groups in total. The maximum atomic E-state index is 12.8. The van der Waals surface area contributed by atoms with Crippen LogP contribution in [0.25, 0.3) is 11.4 Å². The monoisotopic (exact) mass is 448 g/mol. The van der Waals surface area contributed by atoms with Crippen molar-refractivity contribution in [2.45, 2.75) is 25.9 Å². The van der Waals surface area contributed by atoms with Gasteiger partial charge in [0.2, 0.25) is 27.6 Å². The lowest BCUT2D eigenvalue weighted by molar-refractivity contribution is -0.122. The standard InChI is InChI=1S/C20H21ClN4O4S/c1-3-17(25(30(2,27)28)16-7-5-4-6-8-16)20(26)22-13-18-23-19(24-29-18)14-9-11-15(21)12-10-14/h4-12,17H,3,13H2,1-2H3,(H,22,26). The summed E-state index contributed by atoms with van der Waals surface area (Å²) < 4.78 is 31.1. The number of sulfonamides is 1. The average molecular weight is 449 g/mol. The number of hydrogen-bond acceptors (Lipinski definition) is 6. The number of benzene rings is 2. The molecule has 30 heavy (non-hydrogen) atoms. The molecule has 1 atom stereocenters. The number of nitrogens with one attached hydrogen (secondary N) is 1. The molecule has 0 spiro atoms. The van der Waals surface area contributed by atoms with Gasteiger partial charge in [-0.3, -0.25) is 9.10 Å². The second-order valence-electron chi connectivity index (χ2n) is 6.55. The fourth-order valence-corrected chi connectivity index (χ4v) is 4.30. The van der Waals surface area contributed by atoms with Crippen molar-refractivity contribution in [3.05, 3.63) is 65.5 Å². The molecule has 0 aliphatic heterocycles. The Bertz CT molecular complexity index is 1100. The van der Waals surface area contributed by atoms with E-state index in [-0.39, 0.29) is 18.9 Å². The SMILES string of the molecule is CCC(C(=O)NCc1nc(-c2ccc(Cl)cc2)no1)N(c1ccccc1)S(C)(=O)=O. The van der Waals surface area contributed by atoms with Crippen LogP contribution >= 0.6 is 11.6 Å². The molecule has 1 aromatic heterocycles. The van der Waals surface area contributed by atoms with Gasteiger partial charge in [0, 0.05) is 10.6 Å². The van der Waals surface area contributed by atoms with E-state index in [2.05, 4.69) is 15.5 Å². The first-order chi connectivity index (χ1) is 14.3. The Balaban J connectivity index is 1.73. The lowest BCUT2D eigenvalue weighted by Crippen LogP contribution is -2.49. The van der Waals surface area contributed by atoms with Crippen molar-refractivity contribution in [3.63, 3.8) is 0 Å². The summed E-state index contributed by atoms with van der Waals surface area (Å²) in [5.74, 6) is 0.108. The molecule has 3 rings (SSSR count). The molecule has 1 amide bonds. The normalized spacial score (nSPS) is 12.4. The third-order valence-electron chi connectivity index (χ3n) is 4.32. The zero-order valence-electron chi connectivity index (χ0n) is 16.4. The number of halogens is 1. The fourth-order valence-electron chi connectivity index (χ4n) is 2.96. The number of carbonyl (C=O) groups is 1. The molecule has 0 fully saturated rings. The number of anilines is 1. The molecule has 3 aromatic rings. The molecule has 0 aliphatic rings. The van der Waals surface area contributed by atoms with Crippen LogP contribution in [-0.2, 0) is 21.4 Å². The lowest BCUT2D eigenvalue weighted by atomic mass is 10.2. The summed E-state index contributed by atoms with van der Waals surface area (Å²) in [4.78, 5) is 17.1. The smallest absolute Gasteiger partial charge is 0.246 e. The molecule has 1 unspecified atom stereocenters. The van der Waals surface area contributed by atoms with Crippen LogP contribution in [0.5, 0.6) is 0 Å². The highest BCUT2D eigenvalue weighted by Gasteiger charge is 2.31. The van der Waals surface area contributed by atoms with Gasteiger partial charge in [-0.2, -0.15) is 4.98 Å². The largest absolute Gasteiger partial charge is 0.345 e. The third kappa shape index (κ3) is 5.17. The molecule has 0 saturated carbocycles. The van der Waals surface area contributed by atoms with E-state index in [0.29, 0.717) is 16.5 Å². The van der Waals surface area contributed by atoms with Gasteiger partial charge in [0.05, 0.1) is 18.5 Å². The van der Waals surface area contributed by atoms with Gasteiger partial charge >= 0.3 is 0 Å². The van der Waals surface area contributed by atoms with Crippen LogP contribution in [-0.4, -0.2) is 36.8 Å². The van der Waals surface area contributed by atoms with Gasteiger partial charge in [0.25, 0.3) is 0 Å². The molecule has 2 aromatic carbocycles. The Morgan fingerprint density at radius 3 is 2.43 bits per heavy atom. The molecule has 0 bridgehead atoms. The van der Waals surface area contributed by atoms with Gasteiger partial charge in [0.1, 0.15) is 6.04 Å². The van der Waals surface area contributed by atoms with Crippen LogP contribution in [0, 0.1) is 0 Å². The van der Waals surface area contributed by atoms with E-state index in [9.17, 15) is 13.2 Å². The van der Waals surface area contributed by atoms with Crippen molar-refractivity contribution in [1.29, 1.82) is 0 Å². The van der Waals surface area contributed by atoms with Crippen LogP contribution in [0.2, 0.25) is 5.02 Å². The quantitative estimate of drug-likeness (QED) is 0.567. The first kappa shape index (κ1) is 21.8. The van der Waals surface area contributed by atoms with Crippen LogP contribution in [0.1, 0.15) is 19.2 Å². The van der Waals surface area contributed by atoms with Gasteiger partial charge in [-0.25, -0.2) is 8.42 Å². The van der Waals surface area contributed by atoms with Gasteiger partial charge < -0.3 is 9.84 Å². The number of hydrogen-bond donors (Lipinski definition) is 1. The topological polar surface area (TPSA) is 105 Å². The maximum absolute atomic E-state index is 12.8. The van der Waals surface area contributed by atoms with Crippen molar-refractivity contribution >= 4 is 33.2 Å².